The Hall–Kier alpha value is -0.130. The van der Waals surface area contributed by atoms with Crippen molar-refractivity contribution in [1.29, 1.82) is 0 Å². The Balaban J connectivity index is 2.29. The zero-order valence-corrected chi connectivity index (χ0v) is 13.4. The molecule has 5 heteroatoms. The van der Waals surface area contributed by atoms with Gasteiger partial charge in [-0.25, -0.2) is 0 Å². The number of halogens is 1. The lowest BCUT2D eigenvalue weighted by Crippen LogP contribution is -2.57. The summed E-state index contributed by atoms with van der Waals surface area (Å²) in [6.45, 7) is 6.86. The predicted molar refractivity (Wildman–Crippen MR) is 83.5 cm³/mol. The van der Waals surface area contributed by atoms with E-state index in [0.717, 1.165) is 29.4 Å². The van der Waals surface area contributed by atoms with Crippen LogP contribution in [-0.2, 0) is 0 Å². The molecule has 2 heterocycles. The van der Waals surface area contributed by atoms with Gasteiger partial charge in [-0.3, -0.25) is 16.2 Å². The SMILES string of the molecule is CCC(C)(C(NN)c1sccc1Cl)N1CCCCC1. The number of hydrogen-bond acceptors (Lipinski definition) is 4. The average molecular weight is 302 g/mol. The normalized spacial score (nSPS) is 22.1. The molecule has 0 spiro atoms. The minimum Gasteiger partial charge on any atom is -0.296 e. The van der Waals surface area contributed by atoms with Crippen molar-refractivity contribution >= 4 is 22.9 Å². The van der Waals surface area contributed by atoms with E-state index in [1.807, 2.05) is 11.4 Å². The van der Waals surface area contributed by atoms with Gasteiger partial charge in [0.25, 0.3) is 0 Å². The zero-order chi connectivity index (χ0) is 13.9. The van der Waals surface area contributed by atoms with Crippen LogP contribution < -0.4 is 11.3 Å². The Labute approximate surface area is 125 Å². The van der Waals surface area contributed by atoms with Crippen LogP contribution in [0.25, 0.3) is 0 Å². The van der Waals surface area contributed by atoms with E-state index in [0.29, 0.717) is 0 Å². The lowest BCUT2D eigenvalue weighted by Gasteiger charge is -2.47. The largest absolute Gasteiger partial charge is 0.296 e. The van der Waals surface area contributed by atoms with Crippen molar-refractivity contribution in [2.45, 2.75) is 51.1 Å². The van der Waals surface area contributed by atoms with Crippen molar-refractivity contribution < 1.29 is 0 Å². The average Bonchev–Trinajstić information content (AvgIpc) is 2.86. The molecule has 1 saturated heterocycles. The standard InChI is InChI=1S/C14H24ClN3S/c1-3-14(2,18-8-5-4-6-9-18)13(17-16)12-11(15)7-10-19-12/h7,10,13,17H,3-6,8-9,16H2,1-2H3. The van der Waals surface area contributed by atoms with Crippen LogP contribution in [0.2, 0.25) is 5.02 Å². The minimum atomic E-state index is 0.0175. The van der Waals surface area contributed by atoms with Crippen molar-refractivity contribution in [3.63, 3.8) is 0 Å². The van der Waals surface area contributed by atoms with Crippen LogP contribution >= 0.6 is 22.9 Å². The number of hydrogen-bond donors (Lipinski definition) is 2. The summed E-state index contributed by atoms with van der Waals surface area (Å²) in [6.07, 6.45) is 4.96. The molecule has 0 saturated carbocycles. The fourth-order valence-corrected chi connectivity index (χ4v) is 4.43. The van der Waals surface area contributed by atoms with E-state index in [2.05, 4.69) is 24.2 Å². The number of piperidine rings is 1. The van der Waals surface area contributed by atoms with Gasteiger partial charge in [-0.05, 0) is 50.7 Å². The summed E-state index contributed by atoms with van der Waals surface area (Å²) in [5.41, 5.74) is 3.04. The van der Waals surface area contributed by atoms with Crippen LogP contribution in [0.15, 0.2) is 11.4 Å². The second-order valence-electron chi connectivity index (χ2n) is 5.49. The summed E-state index contributed by atoms with van der Waals surface area (Å²) in [6, 6.07) is 2.04. The fraction of sp³-hybridized carbons (Fsp3) is 0.714. The first kappa shape index (κ1) is 15.3. The van der Waals surface area contributed by atoms with Gasteiger partial charge >= 0.3 is 0 Å². The molecule has 19 heavy (non-hydrogen) atoms. The zero-order valence-electron chi connectivity index (χ0n) is 11.8. The maximum atomic E-state index is 6.31. The van der Waals surface area contributed by atoms with E-state index in [1.165, 1.54) is 19.3 Å². The highest BCUT2D eigenvalue weighted by atomic mass is 35.5. The third kappa shape index (κ3) is 2.98. The Morgan fingerprint density at radius 3 is 2.63 bits per heavy atom. The second kappa shape index (κ2) is 6.55. The summed E-state index contributed by atoms with van der Waals surface area (Å²) in [4.78, 5) is 3.73. The van der Waals surface area contributed by atoms with Gasteiger partial charge in [0.05, 0.1) is 11.1 Å². The van der Waals surface area contributed by atoms with Gasteiger partial charge in [0.15, 0.2) is 0 Å². The van der Waals surface area contributed by atoms with Gasteiger partial charge < -0.3 is 0 Å². The van der Waals surface area contributed by atoms with Crippen molar-refractivity contribution in [2.75, 3.05) is 13.1 Å². The van der Waals surface area contributed by atoms with Crippen LogP contribution in [-0.4, -0.2) is 23.5 Å². The summed E-state index contributed by atoms with van der Waals surface area (Å²) < 4.78 is 0. The molecule has 1 aliphatic rings. The lowest BCUT2D eigenvalue weighted by molar-refractivity contribution is 0.0435. The van der Waals surface area contributed by atoms with E-state index in [-0.39, 0.29) is 11.6 Å². The minimum absolute atomic E-state index is 0.0175. The Bertz CT molecular complexity index is 403. The van der Waals surface area contributed by atoms with Gasteiger partial charge in [-0.2, -0.15) is 0 Å². The molecule has 3 N–H and O–H groups in total. The molecule has 2 atom stereocenters. The maximum Gasteiger partial charge on any atom is 0.0748 e. The van der Waals surface area contributed by atoms with Gasteiger partial charge in [0, 0.05) is 10.4 Å². The van der Waals surface area contributed by atoms with Gasteiger partial charge in [-0.15, -0.1) is 11.3 Å². The quantitative estimate of drug-likeness (QED) is 0.645. The highest BCUT2D eigenvalue weighted by Crippen LogP contribution is 2.40. The van der Waals surface area contributed by atoms with E-state index in [9.17, 15) is 0 Å². The lowest BCUT2D eigenvalue weighted by atomic mass is 9.85. The first-order chi connectivity index (χ1) is 9.13. The van der Waals surface area contributed by atoms with E-state index in [1.54, 1.807) is 11.3 Å². The molecule has 0 amide bonds. The summed E-state index contributed by atoms with van der Waals surface area (Å²) in [7, 11) is 0. The molecule has 1 fully saturated rings. The first-order valence-corrected chi connectivity index (χ1v) is 8.33. The molecular formula is C14H24ClN3S. The molecule has 3 nitrogen and oxygen atoms in total. The topological polar surface area (TPSA) is 41.3 Å². The van der Waals surface area contributed by atoms with Crippen molar-refractivity contribution in [2.24, 2.45) is 5.84 Å². The Morgan fingerprint density at radius 1 is 1.47 bits per heavy atom. The summed E-state index contributed by atoms with van der Waals surface area (Å²) in [5, 5.41) is 2.86. The number of hydrazine groups is 1. The predicted octanol–water partition coefficient (Wildman–Crippen LogP) is 3.56. The smallest absolute Gasteiger partial charge is 0.0748 e. The van der Waals surface area contributed by atoms with Gasteiger partial charge in [-0.1, -0.05) is 24.9 Å². The maximum absolute atomic E-state index is 6.31. The van der Waals surface area contributed by atoms with Crippen LogP contribution in [0.4, 0.5) is 0 Å². The van der Waals surface area contributed by atoms with Crippen molar-refractivity contribution in [3.8, 4) is 0 Å². The molecule has 0 radical (unpaired) electrons. The van der Waals surface area contributed by atoms with Crippen molar-refractivity contribution in [3.05, 3.63) is 21.3 Å². The van der Waals surface area contributed by atoms with Crippen LogP contribution in [0.3, 0.4) is 0 Å². The summed E-state index contributed by atoms with van der Waals surface area (Å²) >= 11 is 8.00. The molecule has 0 aromatic carbocycles. The van der Waals surface area contributed by atoms with Crippen LogP contribution in [0.5, 0.6) is 0 Å². The molecule has 0 bridgehead atoms. The van der Waals surface area contributed by atoms with Crippen molar-refractivity contribution in [1.82, 2.24) is 10.3 Å². The third-order valence-electron chi connectivity index (χ3n) is 4.49. The molecule has 2 unspecified atom stereocenters. The molecule has 108 valence electrons. The Kier molecular flexibility index (Phi) is 5.26. The second-order valence-corrected chi connectivity index (χ2v) is 6.85. The van der Waals surface area contributed by atoms with Crippen LogP contribution in [0.1, 0.15) is 50.4 Å². The molecule has 1 aromatic rings. The number of likely N-dealkylation sites (tertiary alicyclic amines) is 1. The fourth-order valence-electron chi connectivity index (χ4n) is 3.06. The van der Waals surface area contributed by atoms with Gasteiger partial charge in [0.1, 0.15) is 0 Å². The molecular weight excluding hydrogens is 278 g/mol. The van der Waals surface area contributed by atoms with Gasteiger partial charge in [0.2, 0.25) is 0 Å². The molecule has 1 aliphatic heterocycles. The monoisotopic (exact) mass is 301 g/mol. The number of nitrogens with two attached hydrogens (primary N) is 1. The van der Waals surface area contributed by atoms with E-state index < -0.39 is 0 Å². The highest BCUT2D eigenvalue weighted by Gasteiger charge is 2.40. The van der Waals surface area contributed by atoms with E-state index in [4.69, 9.17) is 17.4 Å². The Morgan fingerprint density at radius 2 is 2.16 bits per heavy atom. The molecule has 1 aromatic heterocycles. The first-order valence-electron chi connectivity index (χ1n) is 7.07. The number of rotatable bonds is 5. The van der Waals surface area contributed by atoms with E-state index >= 15 is 0 Å². The molecule has 0 aliphatic carbocycles. The molecule has 2 rings (SSSR count). The third-order valence-corrected chi connectivity index (χ3v) is 5.91. The summed E-state index contributed by atoms with van der Waals surface area (Å²) in [5.74, 6) is 5.87. The number of nitrogens with one attached hydrogen (secondary N) is 1. The number of nitrogens with zero attached hydrogens (tertiary/aromatic N) is 1. The highest BCUT2D eigenvalue weighted by molar-refractivity contribution is 7.10. The van der Waals surface area contributed by atoms with Crippen LogP contribution in [0, 0.1) is 0 Å². The number of thiophene rings is 1.